The van der Waals surface area contributed by atoms with Crippen molar-refractivity contribution in [1.29, 1.82) is 0 Å². The van der Waals surface area contributed by atoms with Crippen LogP contribution in [0.4, 0.5) is 28.8 Å². The largest absolute Gasteiger partial charge is 0.494 e. The molecular weight excluding hydrogens is 406 g/mol. The number of nitrogens with two attached hydrogens (primary N) is 1. The first-order valence-electron chi connectivity index (χ1n) is 11.0. The molecule has 2 aromatic heterocycles. The van der Waals surface area contributed by atoms with Crippen LogP contribution in [0.1, 0.15) is 25.8 Å². The predicted molar refractivity (Wildman–Crippen MR) is 125 cm³/mol. The van der Waals surface area contributed by atoms with E-state index in [1.54, 1.807) is 6.20 Å². The highest BCUT2D eigenvalue weighted by molar-refractivity contribution is 5.79. The summed E-state index contributed by atoms with van der Waals surface area (Å²) in [5.74, 6) is 2.05. The van der Waals surface area contributed by atoms with Crippen molar-refractivity contribution in [1.82, 2.24) is 24.6 Å². The maximum Gasteiger partial charge on any atom is 0.229 e. The summed E-state index contributed by atoms with van der Waals surface area (Å²) in [7, 11) is 2.16. The number of hydrogen-bond acceptors (Lipinski definition) is 9. The molecular formula is C22H29N9O. The van der Waals surface area contributed by atoms with E-state index in [-0.39, 0.29) is 0 Å². The average molecular weight is 436 g/mol. The summed E-state index contributed by atoms with van der Waals surface area (Å²) >= 11 is 0. The maximum absolute atomic E-state index is 6.33. The van der Waals surface area contributed by atoms with Gasteiger partial charge in [-0.05, 0) is 64.2 Å². The van der Waals surface area contributed by atoms with Crippen molar-refractivity contribution in [3.63, 3.8) is 0 Å². The standard InChI is InChI=1S/C22H29N9O/c1-3-32-18-6-4-17(5-7-18)31-20-19(27-21(31)23)13-24-22(28-20)26-15-12-25-30(14-15)16-8-10-29(2)11-9-16/h4-7,12-14,16,21,27H,3,8-11,23H2,1-2H3,(H,24,26,28). The van der Waals surface area contributed by atoms with E-state index in [4.69, 9.17) is 15.5 Å². The Kier molecular flexibility index (Phi) is 5.54. The van der Waals surface area contributed by atoms with Crippen LogP contribution in [-0.2, 0) is 0 Å². The van der Waals surface area contributed by atoms with Gasteiger partial charge in [0.2, 0.25) is 5.95 Å². The second-order valence-corrected chi connectivity index (χ2v) is 8.19. The lowest BCUT2D eigenvalue weighted by Gasteiger charge is -2.28. The van der Waals surface area contributed by atoms with E-state index in [1.165, 1.54) is 0 Å². The quantitative estimate of drug-likeness (QED) is 0.538. The zero-order chi connectivity index (χ0) is 22.1. The molecule has 5 rings (SSSR count). The van der Waals surface area contributed by atoms with Gasteiger partial charge in [0.1, 0.15) is 5.75 Å². The van der Waals surface area contributed by atoms with Crippen LogP contribution >= 0.6 is 0 Å². The molecule has 0 aliphatic carbocycles. The molecule has 1 fully saturated rings. The first kappa shape index (κ1) is 20.5. The molecule has 0 saturated carbocycles. The number of fused-ring (bicyclic) bond motifs is 1. The number of hydrogen-bond donors (Lipinski definition) is 3. The molecule has 1 unspecified atom stereocenters. The summed E-state index contributed by atoms with van der Waals surface area (Å²) in [5.41, 5.74) is 8.92. The summed E-state index contributed by atoms with van der Waals surface area (Å²) in [4.78, 5) is 13.5. The predicted octanol–water partition coefficient (Wildman–Crippen LogP) is 2.89. The lowest BCUT2D eigenvalue weighted by atomic mass is 10.1. The van der Waals surface area contributed by atoms with Crippen LogP contribution < -0.4 is 26.0 Å². The smallest absolute Gasteiger partial charge is 0.229 e. The number of nitrogens with zero attached hydrogens (tertiary/aromatic N) is 6. The Bertz CT molecular complexity index is 1060. The third-order valence-corrected chi connectivity index (χ3v) is 5.92. The Labute approximate surface area is 187 Å². The molecule has 4 N–H and O–H groups in total. The van der Waals surface area contributed by atoms with Crippen molar-refractivity contribution < 1.29 is 4.74 Å². The minimum Gasteiger partial charge on any atom is -0.494 e. The molecule has 0 bridgehead atoms. The molecule has 1 atom stereocenters. The SMILES string of the molecule is CCOc1ccc(N2c3nc(Nc4cnn(C5CCN(C)CC5)c4)ncc3NC2N)cc1. The van der Waals surface area contributed by atoms with Crippen molar-refractivity contribution in [2.24, 2.45) is 5.73 Å². The first-order chi connectivity index (χ1) is 15.6. The van der Waals surface area contributed by atoms with E-state index in [1.807, 2.05) is 53.2 Å². The van der Waals surface area contributed by atoms with Crippen LogP contribution in [0.3, 0.4) is 0 Å². The molecule has 10 nitrogen and oxygen atoms in total. The Morgan fingerprint density at radius 3 is 2.72 bits per heavy atom. The number of ether oxygens (including phenoxy) is 1. The second-order valence-electron chi connectivity index (χ2n) is 8.19. The van der Waals surface area contributed by atoms with Crippen LogP contribution in [-0.4, -0.2) is 57.7 Å². The third kappa shape index (κ3) is 4.06. The summed E-state index contributed by atoms with van der Waals surface area (Å²) in [5, 5.41) is 11.1. The van der Waals surface area contributed by atoms with Crippen molar-refractivity contribution in [3.05, 3.63) is 42.9 Å². The molecule has 1 aromatic carbocycles. The number of nitrogens with one attached hydrogen (secondary N) is 2. The highest BCUT2D eigenvalue weighted by Crippen LogP contribution is 2.38. The lowest BCUT2D eigenvalue weighted by Crippen LogP contribution is -2.40. The summed E-state index contributed by atoms with van der Waals surface area (Å²) in [6.07, 6.45) is 7.38. The molecule has 1 saturated heterocycles. The van der Waals surface area contributed by atoms with Gasteiger partial charge in [-0.3, -0.25) is 15.3 Å². The molecule has 168 valence electrons. The Hall–Kier alpha value is -3.37. The molecule has 32 heavy (non-hydrogen) atoms. The topological polar surface area (TPSA) is 109 Å². The molecule has 0 amide bonds. The number of likely N-dealkylation sites (tertiary alicyclic amines) is 1. The van der Waals surface area contributed by atoms with Gasteiger partial charge in [0, 0.05) is 11.9 Å². The molecule has 2 aliphatic heterocycles. The van der Waals surface area contributed by atoms with Crippen molar-refractivity contribution in [2.75, 3.05) is 42.3 Å². The zero-order valence-electron chi connectivity index (χ0n) is 18.4. The fraction of sp³-hybridized carbons (Fsp3) is 0.409. The van der Waals surface area contributed by atoms with Crippen LogP contribution in [0.5, 0.6) is 5.75 Å². The van der Waals surface area contributed by atoms with Gasteiger partial charge in [-0.1, -0.05) is 0 Å². The minimum atomic E-state index is -0.431. The number of anilines is 5. The summed E-state index contributed by atoms with van der Waals surface area (Å²) in [6.45, 7) is 4.78. The van der Waals surface area contributed by atoms with Crippen molar-refractivity contribution in [3.8, 4) is 5.75 Å². The van der Waals surface area contributed by atoms with Crippen LogP contribution in [0, 0.1) is 0 Å². The average Bonchev–Trinajstić information content (AvgIpc) is 3.39. The molecule has 3 aromatic rings. The summed E-state index contributed by atoms with van der Waals surface area (Å²) < 4.78 is 7.59. The Morgan fingerprint density at radius 1 is 1.19 bits per heavy atom. The Morgan fingerprint density at radius 2 is 1.97 bits per heavy atom. The monoisotopic (exact) mass is 435 g/mol. The number of benzene rings is 1. The fourth-order valence-corrected chi connectivity index (χ4v) is 4.22. The first-order valence-corrected chi connectivity index (χ1v) is 11.0. The third-order valence-electron chi connectivity index (χ3n) is 5.92. The molecule has 4 heterocycles. The van der Waals surface area contributed by atoms with Crippen LogP contribution in [0.15, 0.2) is 42.9 Å². The minimum absolute atomic E-state index is 0.431. The van der Waals surface area contributed by atoms with Gasteiger partial charge in [-0.2, -0.15) is 10.1 Å². The second kappa shape index (κ2) is 8.64. The van der Waals surface area contributed by atoms with Gasteiger partial charge in [-0.15, -0.1) is 0 Å². The van der Waals surface area contributed by atoms with Crippen molar-refractivity contribution >= 4 is 28.8 Å². The fourth-order valence-electron chi connectivity index (χ4n) is 4.22. The van der Waals surface area contributed by atoms with Gasteiger partial charge in [-0.25, -0.2) is 4.98 Å². The number of aromatic nitrogens is 4. The van der Waals surface area contributed by atoms with E-state index >= 15 is 0 Å². The van der Waals surface area contributed by atoms with Gasteiger partial charge in [0.25, 0.3) is 0 Å². The van der Waals surface area contributed by atoms with Crippen molar-refractivity contribution in [2.45, 2.75) is 32.1 Å². The van der Waals surface area contributed by atoms with E-state index < -0.39 is 6.29 Å². The van der Waals surface area contributed by atoms with Gasteiger partial charge in [0.05, 0.1) is 36.4 Å². The normalized spacial score (nSPS) is 19.0. The highest BCUT2D eigenvalue weighted by atomic mass is 16.5. The molecule has 0 radical (unpaired) electrons. The lowest BCUT2D eigenvalue weighted by molar-refractivity contribution is 0.212. The van der Waals surface area contributed by atoms with Crippen LogP contribution in [0.25, 0.3) is 0 Å². The van der Waals surface area contributed by atoms with Gasteiger partial charge >= 0.3 is 0 Å². The van der Waals surface area contributed by atoms with Gasteiger partial charge in [0.15, 0.2) is 12.1 Å². The molecule has 0 spiro atoms. The van der Waals surface area contributed by atoms with E-state index in [9.17, 15) is 0 Å². The Balaban J connectivity index is 1.34. The van der Waals surface area contributed by atoms with Gasteiger partial charge < -0.3 is 20.3 Å². The van der Waals surface area contributed by atoms with E-state index in [0.717, 1.165) is 54.6 Å². The zero-order valence-corrected chi connectivity index (χ0v) is 18.4. The molecule has 10 heteroatoms. The summed E-state index contributed by atoms with van der Waals surface area (Å²) in [6, 6.07) is 8.24. The van der Waals surface area contributed by atoms with Crippen LogP contribution in [0.2, 0.25) is 0 Å². The van der Waals surface area contributed by atoms with E-state index in [0.29, 0.717) is 18.6 Å². The maximum atomic E-state index is 6.33. The highest BCUT2D eigenvalue weighted by Gasteiger charge is 2.29. The number of rotatable bonds is 6. The number of piperidine rings is 1. The van der Waals surface area contributed by atoms with E-state index in [2.05, 4.69) is 32.7 Å². The molecule has 2 aliphatic rings.